The van der Waals surface area contributed by atoms with Crippen molar-refractivity contribution in [2.24, 2.45) is 0 Å². The highest BCUT2D eigenvalue weighted by Gasteiger charge is 2.46. The zero-order chi connectivity index (χ0) is 31.1. The number of rotatable bonds is 12. The molecule has 2 fully saturated rings. The maximum Gasteiger partial charge on any atom is 0.295 e. The first-order valence-electron chi connectivity index (χ1n) is 14.7. The Balaban J connectivity index is 1.52. The summed E-state index contributed by atoms with van der Waals surface area (Å²) < 4.78 is 22.8. The van der Waals surface area contributed by atoms with E-state index in [-0.39, 0.29) is 11.3 Å². The number of methoxy groups -OCH3 is 1. The molecule has 1 unspecified atom stereocenters. The maximum atomic E-state index is 13.6. The largest absolute Gasteiger partial charge is 0.507 e. The van der Waals surface area contributed by atoms with Crippen LogP contribution in [0.4, 0.5) is 0 Å². The van der Waals surface area contributed by atoms with Crippen molar-refractivity contribution < 1.29 is 33.6 Å². The van der Waals surface area contributed by atoms with Gasteiger partial charge in [-0.05, 0) is 53.9 Å². The molecule has 1 atom stereocenters. The molecule has 3 aromatic rings. The number of ether oxygens (including phenoxy) is 4. The number of ketones is 1. The molecule has 1 N–H and O–H groups in total. The van der Waals surface area contributed by atoms with Gasteiger partial charge in [0.2, 0.25) is 0 Å². The van der Waals surface area contributed by atoms with Crippen molar-refractivity contribution in [1.82, 2.24) is 9.80 Å². The monoisotopic (exact) mass is 598 g/mol. The minimum absolute atomic E-state index is 0.0276. The molecule has 230 valence electrons. The molecule has 3 aromatic carbocycles. The molecule has 2 heterocycles. The number of nitrogens with zero attached hydrogens (tertiary/aromatic N) is 2. The van der Waals surface area contributed by atoms with Crippen LogP contribution in [0.1, 0.15) is 28.3 Å². The van der Waals surface area contributed by atoms with Gasteiger partial charge in [-0.1, -0.05) is 49.1 Å². The summed E-state index contributed by atoms with van der Waals surface area (Å²) in [5.41, 5.74) is 2.80. The summed E-state index contributed by atoms with van der Waals surface area (Å²) in [4.78, 5) is 30.9. The van der Waals surface area contributed by atoms with E-state index in [4.69, 9.17) is 18.9 Å². The molecule has 9 heteroatoms. The van der Waals surface area contributed by atoms with Crippen LogP contribution in [0.25, 0.3) is 5.76 Å². The second-order valence-corrected chi connectivity index (χ2v) is 10.7. The van der Waals surface area contributed by atoms with Gasteiger partial charge in [0, 0.05) is 31.7 Å². The minimum Gasteiger partial charge on any atom is -0.507 e. The van der Waals surface area contributed by atoms with Crippen molar-refractivity contribution in [3.63, 3.8) is 0 Å². The van der Waals surface area contributed by atoms with E-state index >= 15 is 0 Å². The van der Waals surface area contributed by atoms with Gasteiger partial charge in [-0.15, -0.1) is 0 Å². The Bertz CT molecular complexity index is 1530. The lowest BCUT2D eigenvalue weighted by atomic mass is 9.93. The smallest absolute Gasteiger partial charge is 0.295 e. The molecule has 1 amide bonds. The van der Waals surface area contributed by atoms with Crippen LogP contribution >= 0.6 is 0 Å². The average Bonchev–Trinajstić information content (AvgIpc) is 3.31. The van der Waals surface area contributed by atoms with Gasteiger partial charge in [-0.3, -0.25) is 14.5 Å². The first-order valence-corrected chi connectivity index (χ1v) is 14.7. The Labute approximate surface area is 257 Å². The molecular formula is C35H38N2O7. The van der Waals surface area contributed by atoms with Gasteiger partial charge >= 0.3 is 0 Å². The third kappa shape index (κ3) is 6.79. The maximum absolute atomic E-state index is 13.6. The van der Waals surface area contributed by atoms with E-state index < -0.39 is 17.7 Å². The van der Waals surface area contributed by atoms with Crippen molar-refractivity contribution in [3.8, 4) is 17.2 Å². The number of aliphatic hydroxyl groups excluding tert-OH is 1. The number of aryl methyl sites for hydroxylation is 1. The second kappa shape index (κ2) is 14.2. The predicted molar refractivity (Wildman–Crippen MR) is 167 cm³/mol. The Morgan fingerprint density at radius 3 is 2.48 bits per heavy atom. The Morgan fingerprint density at radius 1 is 1.00 bits per heavy atom. The average molecular weight is 599 g/mol. The topological polar surface area (TPSA) is 97.8 Å². The predicted octanol–water partition coefficient (Wildman–Crippen LogP) is 4.90. The van der Waals surface area contributed by atoms with Crippen LogP contribution in [0.5, 0.6) is 17.2 Å². The number of benzene rings is 3. The molecule has 2 saturated heterocycles. The zero-order valence-electron chi connectivity index (χ0n) is 25.2. The summed E-state index contributed by atoms with van der Waals surface area (Å²) in [6, 6.07) is 19.5. The van der Waals surface area contributed by atoms with Crippen molar-refractivity contribution in [3.05, 3.63) is 107 Å². The standard InChI is InChI=1S/C35H38N2O7/c1-4-18-43-27-11-12-28(24(2)21-27)33(38)31-32(37(35(40)34(31)39)15-14-36-16-19-42-20-17-36)26-10-13-29(30(22-26)41-3)44-23-25-8-6-5-7-9-25/h4-13,21-22,32,38H,1,14-20,23H2,2-3H3/b33-31+. The third-order valence-corrected chi connectivity index (χ3v) is 7.86. The highest BCUT2D eigenvalue weighted by molar-refractivity contribution is 6.46. The fourth-order valence-corrected chi connectivity index (χ4v) is 5.53. The van der Waals surface area contributed by atoms with E-state index in [1.54, 1.807) is 48.4 Å². The van der Waals surface area contributed by atoms with Crippen molar-refractivity contribution in [1.29, 1.82) is 0 Å². The Morgan fingerprint density at radius 2 is 1.77 bits per heavy atom. The van der Waals surface area contributed by atoms with Crippen molar-refractivity contribution in [2.75, 3.05) is 53.1 Å². The molecule has 0 radical (unpaired) electrons. The number of carbonyl (C=O) groups excluding carboxylic acids is 2. The summed E-state index contributed by atoms with van der Waals surface area (Å²) in [5.74, 6) is -0.0370. The fourth-order valence-electron chi connectivity index (χ4n) is 5.53. The van der Waals surface area contributed by atoms with Crippen LogP contribution in [-0.4, -0.2) is 79.7 Å². The first kappa shape index (κ1) is 30.8. The number of aliphatic hydroxyl groups is 1. The van der Waals surface area contributed by atoms with Crippen LogP contribution in [-0.2, 0) is 20.9 Å². The van der Waals surface area contributed by atoms with E-state index in [2.05, 4.69) is 11.5 Å². The summed E-state index contributed by atoms with van der Waals surface area (Å²) in [6.07, 6.45) is 1.65. The van der Waals surface area contributed by atoms with E-state index in [9.17, 15) is 14.7 Å². The molecule has 2 aliphatic heterocycles. The van der Waals surface area contributed by atoms with Gasteiger partial charge in [0.1, 0.15) is 24.7 Å². The molecule has 0 aliphatic carbocycles. The van der Waals surface area contributed by atoms with E-state index in [1.165, 1.54) is 0 Å². The molecule has 5 rings (SSSR count). The fraction of sp³-hybridized carbons (Fsp3) is 0.314. The molecular weight excluding hydrogens is 560 g/mol. The zero-order valence-corrected chi connectivity index (χ0v) is 25.2. The molecule has 44 heavy (non-hydrogen) atoms. The summed E-state index contributed by atoms with van der Waals surface area (Å²) in [7, 11) is 1.54. The van der Waals surface area contributed by atoms with E-state index in [1.807, 2.05) is 43.3 Å². The van der Waals surface area contributed by atoms with Crippen molar-refractivity contribution >= 4 is 17.4 Å². The Kier molecular flexibility index (Phi) is 9.99. The molecule has 0 saturated carbocycles. The van der Waals surface area contributed by atoms with Gasteiger partial charge in [-0.25, -0.2) is 0 Å². The van der Waals surface area contributed by atoms with E-state index in [0.29, 0.717) is 73.5 Å². The number of hydrogen-bond donors (Lipinski definition) is 1. The molecule has 9 nitrogen and oxygen atoms in total. The normalized spacial score (nSPS) is 18.3. The van der Waals surface area contributed by atoms with Gasteiger partial charge in [0.25, 0.3) is 11.7 Å². The number of carbonyl (C=O) groups is 2. The highest BCUT2D eigenvalue weighted by Crippen LogP contribution is 2.42. The number of morpholine rings is 1. The minimum atomic E-state index is -0.829. The van der Waals surface area contributed by atoms with Crippen LogP contribution in [0.15, 0.2) is 85.0 Å². The first-order chi connectivity index (χ1) is 21.4. The van der Waals surface area contributed by atoms with Crippen LogP contribution < -0.4 is 14.2 Å². The number of likely N-dealkylation sites (tertiary alicyclic amines) is 1. The Hall–Kier alpha value is -4.60. The second-order valence-electron chi connectivity index (χ2n) is 10.7. The molecule has 0 spiro atoms. The van der Waals surface area contributed by atoms with Crippen LogP contribution in [0.2, 0.25) is 0 Å². The van der Waals surface area contributed by atoms with Crippen LogP contribution in [0, 0.1) is 6.92 Å². The highest BCUT2D eigenvalue weighted by atomic mass is 16.5. The summed E-state index contributed by atoms with van der Waals surface area (Å²) >= 11 is 0. The molecule has 0 aromatic heterocycles. The summed E-state index contributed by atoms with van der Waals surface area (Å²) in [6.45, 7) is 9.78. The molecule has 0 bridgehead atoms. The summed E-state index contributed by atoms with van der Waals surface area (Å²) in [5, 5.41) is 11.7. The number of hydrogen-bond acceptors (Lipinski definition) is 8. The molecule has 2 aliphatic rings. The van der Waals surface area contributed by atoms with E-state index in [0.717, 1.165) is 18.7 Å². The lowest BCUT2D eigenvalue weighted by Crippen LogP contribution is -2.42. The van der Waals surface area contributed by atoms with Crippen molar-refractivity contribution in [2.45, 2.75) is 19.6 Å². The number of Topliss-reactive ketones (excluding diaryl/α,β-unsaturated/α-hetero) is 1. The van der Waals surface area contributed by atoms with Gasteiger partial charge < -0.3 is 29.0 Å². The van der Waals surface area contributed by atoms with Gasteiger partial charge in [-0.2, -0.15) is 0 Å². The van der Waals surface area contributed by atoms with Gasteiger partial charge in [0.15, 0.2) is 11.5 Å². The lowest BCUT2D eigenvalue weighted by molar-refractivity contribution is -0.140. The van der Waals surface area contributed by atoms with Gasteiger partial charge in [0.05, 0.1) is 31.9 Å². The lowest BCUT2D eigenvalue weighted by Gasteiger charge is -2.31. The third-order valence-electron chi connectivity index (χ3n) is 7.86. The quantitative estimate of drug-likeness (QED) is 0.136. The SMILES string of the molecule is C=CCOc1ccc(/C(O)=C2\C(=O)C(=O)N(CCN3CCOCC3)C2c2ccc(OCc3ccccc3)c(OC)c2)c(C)c1. The van der Waals surface area contributed by atoms with Crippen LogP contribution in [0.3, 0.4) is 0 Å². The number of amides is 1.